The zero-order valence-corrected chi connectivity index (χ0v) is 16.1. The fourth-order valence-electron chi connectivity index (χ4n) is 3.08. The average molecular weight is 377 g/mol. The molecule has 9 heteroatoms. The number of methoxy groups -OCH3 is 1. The minimum absolute atomic E-state index is 0.154. The molecule has 1 aromatic rings. The van der Waals surface area contributed by atoms with E-state index in [1.54, 1.807) is 38.3 Å². The van der Waals surface area contributed by atoms with Gasteiger partial charge in [-0.1, -0.05) is 0 Å². The number of hydrogen-bond donors (Lipinski definition) is 0. The van der Waals surface area contributed by atoms with E-state index in [4.69, 9.17) is 0 Å². The Morgan fingerprint density at radius 1 is 1.11 bits per heavy atom. The molecule has 1 saturated heterocycles. The van der Waals surface area contributed by atoms with Crippen molar-refractivity contribution in [3.05, 3.63) is 23.0 Å². The third kappa shape index (κ3) is 3.76. The lowest BCUT2D eigenvalue weighted by Gasteiger charge is -2.18. The lowest BCUT2D eigenvalue weighted by molar-refractivity contribution is -0.143. The number of nitrogens with zero attached hydrogens (tertiary/aromatic N) is 3. The Labute approximate surface area is 156 Å². The van der Waals surface area contributed by atoms with Crippen LogP contribution in [0.15, 0.2) is 6.07 Å². The zero-order valence-electron chi connectivity index (χ0n) is 16.1. The monoisotopic (exact) mass is 377 g/mol. The van der Waals surface area contributed by atoms with Crippen molar-refractivity contribution in [3.8, 4) is 0 Å². The van der Waals surface area contributed by atoms with Crippen molar-refractivity contribution >= 4 is 29.6 Å². The smallest absolute Gasteiger partial charge is 0.334 e. The molecule has 0 aromatic carbocycles. The van der Waals surface area contributed by atoms with Crippen molar-refractivity contribution in [1.82, 2.24) is 14.4 Å². The second-order valence-electron chi connectivity index (χ2n) is 6.63. The van der Waals surface area contributed by atoms with Gasteiger partial charge in [0.05, 0.1) is 20.1 Å². The molecule has 9 nitrogen and oxygen atoms in total. The van der Waals surface area contributed by atoms with E-state index in [-0.39, 0.29) is 12.4 Å². The molecule has 1 fully saturated rings. The van der Waals surface area contributed by atoms with Crippen LogP contribution in [0, 0.1) is 13.8 Å². The van der Waals surface area contributed by atoms with Gasteiger partial charge < -0.3 is 9.30 Å². The van der Waals surface area contributed by atoms with E-state index < -0.39 is 36.2 Å². The molecule has 0 spiro atoms. The van der Waals surface area contributed by atoms with E-state index >= 15 is 0 Å². The van der Waals surface area contributed by atoms with Gasteiger partial charge in [0.15, 0.2) is 5.78 Å². The summed E-state index contributed by atoms with van der Waals surface area (Å²) in [6.45, 7) is 6.58. The van der Waals surface area contributed by atoms with Crippen molar-refractivity contribution in [2.24, 2.45) is 0 Å². The van der Waals surface area contributed by atoms with Crippen LogP contribution in [-0.4, -0.2) is 63.7 Å². The quantitative estimate of drug-likeness (QED) is 0.304. The molecule has 0 radical (unpaired) electrons. The summed E-state index contributed by atoms with van der Waals surface area (Å²) in [7, 11) is 1.30. The predicted octanol–water partition coefficient (Wildman–Crippen LogP) is 1.05. The Morgan fingerprint density at radius 2 is 1.74 bits per heavy atom. The van der Waals surface area contributed by atoms with Crippen LogP contribution < -0.4 is 0 Å². The zero-order chi connectivity index (χ0) is 20.5. The summed E-state index contributed by atoms with van der Waals surface area (Å²) in [6.07, 6.45) is 0.154. The first-order valence-corrected chi connectivity index (χ1v) is 8.55. The summed E-state index contributed by atoms with van der Waals surface area (Å²) >= 11 is 0. The first-order chi connectivity index (χ1) is 12.6. The second kappa shape index (κ2) is 7.73. The Bertz CT molecular complexity index is 823. The Morgan fingerprint density at radius 3 is 2.26 bits per heavy atom. The third-order valence-electron chi connectivity index (χ3n) is 4.54. The lowest BCUT2D eigenvalue weighted by Crippen LogP contribution is -2.39. The van der Waals surface area contributed by atoms with Crippen molar-refractivity contribution < 1.29 is 28.7 Å². The van der Waals surface area contributed by atoms with Gasteiger partial charge in [-0.2, -0.15) is 0 Å². The Kier molecular flexibility index (Phi) is 5.82. The number of rotatable bonds is 7. The van der Waals surface area contributed by atoms with Crippen LogP contribution in [0.25, 0.3) is 0 Å². The minimum atomic E-state index is -0.999. The standard InChI is InChI=1S/C18H23N3O6/c1-10(2)21-17(25)16(24)20(18(21)26)9-14(22)13-8-11(3)19(12(13)4)7-6-15(23)27-5/h8,10H,6-7,9H2,1-5H3. The predicted molar refractivity (Wildman–Crippen MR) is 94.0 cm³/mol. The molecular weight excluding hydrogens is 354 g/mol. The van der Waals surface area contributed by atoms with E-state index in [0.717, 1.165) is 10.6 Å². The summed E-state index contributed by atoms with van der Waals surface area (Å²) in [4.78, 5) is 61.9. The molecule has 2 rings (SSSR count). The fourth-order valence-corrected chi connectivity index (χ4v) is 3.08. The van der Waals surface area contributed by atoms with E-state index in [0.29, 0.717) is 22.7 Å². The number of ether oxygens (including phenoxy) is 1. The topological polar surface area (TPSA) is 106 Å². The highest BCUT2D eigenvalue weighted by molar-refractivity contribution is 6.45. The molecule has 1 aliphatic heterocycles. The minimum Gasteiger partial charge on any atom is -0.469 e. The van der Waals surface area contributed by atoms with Crippen molar-refractivity contribution in [3.63, 3.8) is 0 Å². The first kappa shape index (κ1) is 20.3. The van der Waals surface area contributed by atoms with Gasteiger partial charge in [0.25, 0.3) is 0 Å². The average Bonchev–Trinajstić information content (AvgIpc) is 3.00. The van der Waals surface area contributed by atoms with E-state index in [2.05, 4.69) is 4.74 Å². The molecule has 0 N–H and O–H groups in total. The molecule has 4 amide bonds. The van der Waals surface area contributed by atoms with Crippen LogP contribution >= 0.6 is 0 Å². The number of esters is 1. The number of carbonyl (C=O) groups excluding carboxylic acids is 5. The number of urea groups is 1. The number of amides is 4. The maximum atomic E-state index is 12.7. The highest BCUT2D eigenvalue weighted by Gasteiger charge is 2.46. The summed E-state index contributed by atoms with van der Waals surface area (Å²) < 4.78 is 6.42. The molecular formula is C18H23N3O6. The van der Waals surface area contributed by atoms with Gasteiger partial charge in [0.2, 0.25) is 0 Å². The van der Waals surface area contributed by atoms with E-state index in [1.807, 2.05) is 0 Å². The van der Waals surface area contributed by atoms with Crippen LogP contribution in [0.4, 0.5) is 4.79 Å². The van der Waals surface area contributed by atoms with Crippen LogP contribution in [-0.2, 0) is 25.7 Å². The van der Waals surface area contributed by atoms with Crippen molar-refractivity contribution in [2.45, 2.75) is 46.7 Å². The summed E-state index contributed by atoms with van der Waals surface area (Å²) in [5, 5.41) is 0. The molecule has 27 heavy (non-hydrogen) atoms. The third-order valence-corrected chi connectivity index (χ3v) is 4.54. The molecule has 2 heterocycles. The number of aromatic nitrogens is 1. The van der Waals surface area contributed by atoms with Gasteiger partial charge in [0.1, 0.15) is 0 Å². The van der Waals surface area contributed by atoms with Crippen LogP contribution in [0.1, 0.15) is 42.0 Å². The highest BCUT2D eigenvalue weighted by Crippen LogP contribution is 2.20. The van der Waals surface area contributed by atoms with Crippen molar-refractivity contribution in [1.29, 1.82) is 0 Å². The first-order valence-electron chi connectivity index (χ1n) is 8.55. The number of hydrogen-bond acceptors (Lipinski definition) is 6. The lowest BCUT2D eigenvalue weighted by atomic mass is 10.1. The molecule has 1 aliphatic rings. The SMILES string of the molecule is COC(=O)CCn1c(C)cc(C(=O)CN2C(=O)C(=O)N(C(C)C)C2=O)c1C. The molecule has 146 valence electrons. The Balaban J connectivity index is 2.19. The molecule has 0 bridgehead atoms. The maximum Gasteiger partial charge on any atom is 0.334 e. The highest BCUT2D eigenvalue weighted by atomic mass is 16.5. The van der Waals surface area contributed by atoms with Gasteiger partial charge in [-0.25, -0.2) is 9.69 Å². The number of aryl methyl sites for hydroxylation is 1. The largest absolute Gasteiger partial charge is 0.469 e. The van der Waals surface area contributed by atoms with Gasteiger partial charge >= 0.3 is 23.8 Å². The van der Waals surface area contributed by atoms with Gasteiger partial charge in [-0.3, -0.25) is 24.1 Å². The van der Waals surface area contributed by atoms with Crippen LogP contribution in [0.3, 0.4) is 0 Å². The van der Waals surface area contributed by atoms with E-state index in [9.17, 15) is 24.0 Å². The molecule has 0 unspecified atom stereocenters. The molecule has 1 aromatic heterocycles. The molecule has 0 saturated carbocycles. The number of imide groups is 2. The second-order valence-corrected chi connectivity index (χ2v) is 6.63. The summed E-state index contributed by atoms with van der Waals surface area (Å²) in [5.41, 5.74) is 1.72. The fraction of sp³-hybridized carbons (Fsp3) is 0.500. The van der Waals surface area contributed by atoms with Crippen LogP contribution in [0.2, 0.25) is 0 Å². The normalized spacial score (nSPS) is 14.5. The Hall–Kier alpha value is -2.97. The number of ketones is 1. The molecule has 0 aliphatic carbocycles. The summed E-state index contributed by atoms with van der Waals surface area (Å²) in [5.74, 6) is -2.74. The van der Waals surface area contributed by atoms with Gasteiger partial charge in [0, 0.05) is 29.5 Å². The van der Waals surface area contributed by atoms with Gasteiger partial charge in [-0.05, 0) is 33.8 Å². The van der Waals surface area contributed by atoms with E-state index in [1.165, 1.54) is 7.11 Å². The number of carbonyl (C=O) groups is 5. The van der Waals surface area contributed by atoms with Gasteiger partial charge in [-0.15, -0.1) is 0 Å². The maximum absolute atomic E-state index is 12.7. The summed E-state index contributed by atoms with van der Waals surface area (Å²) in [6, 6.07) is 0.382. The van der Waals surface area contributed by atoms with Crippen LogP contribution in [0.5, 0.6) is 0 Å². The number of Topliss-reactive ketones (excluding diaryl/α,β-unsaturated/α-hetero) is 1. The van der Waals surface area contributed by atoms with Crippen molar-refractivity contribution in [2.75, 3.05) is 13.7 Å². The molecule has 0 atom stereocenters.